The normalized spacial score (nSPS) is 9.88. The van der Waals surface area contributed by atoms with Gasteiger partial charge in [0.25, 0.3) is 0 Å². The van der Waals surface area contributed by atoms with Crippen molar-refractivity contribution in [1.29, 1.82) is 0 Å². The van der Waals surface area contributed by atoms with E-state index >= 15 is 0 Å². The van der Waals surface area contributed by atoms with Crippen LogP contribution in [0.25, 0.3) is 0 Å². The Balaban J connectivity index is 0.000000385. The minimum Gasteiger partial charge on any atom is -0.370 e. The molecule has 1 aromatic carbocycles. The third-order valence-corrected chi connectivity index (χ3v) is 1.29. The zero-order valence-electron chi connectivity index (χ0n) is 8.31. The van der Waals surface area contributed by atoms with Crippen LogP contribution >= 0.6 is 0 Å². The molecule has 90 valence electrons. The Kier molecular flexibility index (Phi) is 6.08. The molecule has 0 aliphatic rings. The summed E-state index contributed by atoms with van der Waals surface area (Å²) < 4.78 is 31.6. The molecule has 7 nitrogen and oxygen atoms in total. The lowest BCUT2D eigenvalue weighted by Gasteiger charge is -1.94. The van der Waals surface area contributed by atoms with Crippen LogP contribution in [0.3, 0.4) is 0 Å². The van der Waals surface area contributed by atoms with E-state index in [4.69, 9.17) is 29.0 Å². The number of nitrogens with zero attached hydrogens (tertiary/aromatic N) is 1. The van der Waals surface area contributed by atoms with Crippen molar-refractivity contribution in [1.82, 2.24) is 0 Å². The Hall–Kier alpha value is -1.64. The van der Waals surface area contributed by atoms with E-state index < -0.39 is 10.4 Å². The summed E-state index contributed by atoms with van der Waals surface area (Å²) in [5.74, 6) is 0.133. The van der Waals surface area contributed by atoms with Gasteiger partial charge in [0, 0.05) is 0 Å². The van der Waals surface area contributed by atoms with Gasteiger partial charge in [-0.15, -0.1) is 0 Å². The fraction of sp³-hybridized carbons (Fsp3) is 0.125. The van der Waals surface area contributed by atoms with Gasteiger partial charge in [0.1, 0.15) is 0 Å². The standard InChI is InChI=1S/C8H11N3.H2O4S/c9-8(10)11-6-7-4-2-1-3-5-7;1-5(2,3)4/h1-5H,6H2,(H4,9,10,11);(H2,1,2,3,4). The van der Waals surface area contributed by atoms with Crippen LogP contribution in [0.2, 0.25) is 0 Å². The van der Waals surface area contributed by atoms with E-state index in [1.807, 2.05) is 30.3 Å². The molecule has 0 heterocycles. The van der Waals surface area contributed by atoms with Gasteiger partial charge in [-0.1, -0.05) is 30.3 Å². The van der Waals surface area contributed by atoms with E-state index in [-0.39, 0.29) is 5.96 Å². The SMILES string of the molecule is NC(N)=NCc1ccccc1.O=S(=O)(O)O. The van der Waals surface area contributed by atoms with Gasteiger partial charge in [-0.3, -0.25) is 9.11 Å². The van der Waals surface area contributed by atoms with Crippen molar-refractivity contribution >= 4 is 16.4 Å². The molecule has 0 spiro atoms. The van der Waals surface area contributed by atoms with E-state index in [0.717, 1.165) is 5.56 Å². The van der Waals surface area contributed by atoms with Gasteiger partial charge in [0.05, 0.1) is 6.54 Å². The molecule has 0 aromatic heterocycles. The highest BCUT2D eigenvalue weighted by atomic mass is 32.3. The van der Waals surface area contributed by atoms with Crippen LogP contribution < -0.4 is 11.5 Å². The Labute approximate surface area is 93.4 Å². The summed E-state index contributed by atoms with van der Waals surface area (Å²) in [6.45, 7) is 0.559. The van der Waals surface area contributed by atoms with Crippen molar-refractivity contribution in [3.63, 3.8) is 0 Å². The van der Waals surface area contributed by atoms with E-state index in [9.17, 15) is 0 Å². The molecule has 8 heteroatoms. The number of guanidine groups is 1. The van der Waals surface area contributed by atoms with Gasteiger partial charge in [-0.05, 0) is 5.56 Å². The van der Waals surface area contributed by atoms with Crippen molar-refractivity contribution in [3.05, 3.63) is 35.9 Å². The van der Waals surface area contributed by atoms with E-state index in [0.29, 0.717) is 6.54 Å². The van der Waals surface area contributed by atoms with Crippen LogP contribution in [0, 0.1) is 0 Å². The summed E-state index contributed by atoms with van der Waals surface area (Å²) in [4.78, 5) is 3.87. The topological polar surface area (TPSA) is 139 Å². The molecule has 0 unspecified atom stereocenters. The summed E-state index contributed by atoms with van der Waals surface area (Å²) >= 11 is 0. The largest absolute Gasteiger partial charge is 0.394 e. The summed E-state index contributed by atoms with van der Waals surface area (Å²) in [7, 11) is -4.67. The molecule has 6 N–H and O–H groups in total. The molecule has 16 heavy (non-hydrogen) atoms. The maximum atomic E-state index is 8.74. The van der Waals surface area contributed by atoms with Crippen LogP contribution in [-0.4, -0.2) is 23.5 Å². The maximum absolute atomic E-state index is 8.74. The second-order valence-electron chi connectivity index (χ2n) is 2.67. The average molecular weight is 247 g/mol. The molecule has 0 aliphatic heterocycles. The Morgan fingerprint density at radius 2 is 1.62 bits per heavy atom. The molecule has 0 saturated carbocycles. The molecule has 0 radical (unpaired) electrons. The van der Waals surface area contributed by atoms with Gasteiger partial charge < -0.3 is 11.5 Å². The molecule has 0 fully saturated rings. The summed E-state index contributed by atoms with van der Waals surface area (Å²) in [5.41, 5.74) is 11.4. The van der Waals surface area contributed by atoms with Gasteiger partial charge >= 0.3 is 10.4 Å². The maximum Gasteiger partial charge on any atom is 0.394 e. The first kappa shape index (κ1) is 14.4. The highest BCUT2D eigenvalue weighted by Gasteiger charge is 1.86. The van der Waals surface area contributed by atoms with Crippen molar-refractivity contribution in [2.24, 2.45) is 16.5 Å². The lowest BCUT2D eigenvalue weighted by Crippen LogP contribution is -2.22. The third-order valence-electron chi connectivity index (χ3n) is 1.29. The minimum absolute atomic E-state index is 0.133. The lowest BCUT2D eigenvalue weighted by molar-refractivity contribution is 0.381. The van der Waals surface area contributed by atoms with E-state index in [1.165, 1.54) is 0 Å². The zero-order valence-corrected chi connectivity index (χ0v) is 9.13. The molecule has 1 aromatic rings. The lowest BCUT2D eigenvalue weighted by atomic mass is 10.2. The number of benzene rings is 1. The average Bonchev–Trinajstić information content (AvgIpc) is 2.14. The molecule has 0 amide bonds. The fourth-order valence-corrected chi connectivity index (χ4v) is 0.766. The van der Waals surface area contributed by atoms with Crippen LogP contribution in [0.1, 0.15) is 5.56 Å². The second kappa shape index (κ2) is 6.77. The minimum atomic E-state index is -4.67. The van der Waals surface area contributed by atoms with Crippen molar-refractivity contribution < 1.29 is 17.5 Å². The monoisotopic (exact) mass is 247 g/mol. The highest BCUT2D eigenvalue weighted by Crippen LogP contribution is 1.98. The molecule has 0 bridgehead atoms. The Morgan fingerprint density at radius 3 is 2.00 bits per heavy atom. The van der Waals surface area contributed by atoms with Gasteiger partial charge in [0.15, 0.2) is 5.96 Å². The summed E-state index contributed by atoms with van der Waals surface area (Å²) in [6, 6.07) is 9.83. The smallest absolute Gasteiger partial charge is 0.370 e. The predicted molar refractivity (Wildman–Crippen MR) is 60.1 cm³/mol. The molecule has 1 rings (SSSR count). The van der Waals surface area contributed by atoms with Gasteiger partial charge in [-0.25, -0.2) is 4.99 Å². The van der Waals surface area contributed by atoms with Crippen LogP contribution in [-0.2, 0) is 16.9 Å². The first-order chi connectivity index (χ1) is 7.29. The predicted octanol–water partition coefficient (Wildman–Crippen LogP) is -0.193. The Bertz CT molecular complexity index is 418. The molecule has 0 aliphatic carbocycles. The van der Waals surface area contributed by atoms with Gasteiger partial charge in [-0.2, -0.15) is 8.42 Å². The first-order valence-electron chi connectivity index (χ1n) is 4.08. The quantitative estimate of drug-likeness (QED) is 0.324. The molecule has 0 saturated heterocycles. The number of hydrogen-bond acceptors (Lipinski definition) is 3. The third kappa shape index (κ3) is 12.4. The van der Waals surface area contributed by atoms with E-state index in [2.05, 4.69) is 4.99 Å². The first-order valence-corrected chi connectivity index (χ1v) is 5.48. The number of hydrogen-bond donors (Lipinski definition) is 4. The summed E-state index contributed by atoms with van der Waals surface area (Å²) in [5, 5.41) is 0. The van der Waals surface area contributed by atoms with Crippen LogP contribution in [0.5, 0.6) is 0 Å². The number of aliphatic imine (C=N–C) groups is 1. The Morgan fingerprint density at radius 1 is 1.19 bits per heavy atom. The fourth-order valence-electron chi connectivity index (χ4n) is 0.766. The van der Waals surface area contributed by atoms with Crippen LogP contribution in [0.15, 0.2) is 35.3 Å². The second-order valence-corrected chi connectivity index (χ2v) is 3.57. The van der Waals surface area contributed by atoms with Crippen molar-refractivity contribution in [2.75, 3.05) is 0 Å². The molecular weight excluding hydrogens is 234 g/mol. The van der Waals surface area contributed by atoms with Crippen molar-refractivity contribution in [2.45, 2.75) is 6.54 Å². The van der Waals surface area contributed by atoms with Gasteiger partial charge in [0.2, 0.25) is 0 Å². The van der Waals surface area contributed by atoms with E-state index in [1.54, 1.807) is 0 Å². The van der Waals surface area contributed by atoms with Crippen LogP contribution in [0.4, 0.5) is 0 Å². The molecule has 0 atom stereocenters. The van der Waals surface area contributed by atoms with Crippen molar-refractivity contribution in [3.8, 4) is 0 Å². The number of nitrogens with two attached hydrogens (primary N) is 2. The number of rotatable bonds is 2. The highest BCUT2D eigenvalue weighted by molar-refractivity contribution is 7.79. The zero-order chi connectivity index (χ0) is 12.6. The molecular formula is C8H13N3O4S. The summed E-state index contributed by atoms with van der Waals surface area (Å²) in [6.07, 6.45) is 0.